The second-order valence-corrected chi connectivity index (χ2v) is 16.0. The van der Waals surface area contributed by atoms with Gasteiger partial charge in [-0.3, -0.25) is 9.48 Å². The van der Waals surface area contributed by atoms with Gasteiger partial charge in [0.1, 0.15) is 11.4 Å². The summed E-state index contributed by atoms with van der Waals surface area (Å²) in [7, 11) is -1.46. The highest BCUT2D eigenvalue weighted by atomic mass is 28.3. The second-order valence-electron chi connectivity index (χ2n) is 10.6. The lowest BCUT2D eigenvalue weighted by Crippen LogP contribution is -2.31. The Labute approximate surface area is 209 Å². The van der Waals surface area contributed by atoms with E-state index in [9.17, 15) is 18.0 Å². The van der Waals surface area contributed by atoms with Gasteiger partial charge in [-0.2, -0.15) is 13.2 Å². The Balaban J connectivity index is 1.50. The first kappa shape index (κ1) is 25.9. The number of carbonyl (C=O) groups is 1. The predicted octanol–water partition coefficient (Wildman–Crippen LogP) is 5.42. The lowest BCUT2D eigenvalue weighted by atomic mass is 10.0. The third kappa shape index (κ3) is 7.68. The highest BCUT2D eigenvalue weighted by molar-refractivity contribution is 6.74. The van der Waals surface area contributed by atoms with Gasteiger partial charge in [0.25, 0.3) is 0 Å². The molecule has 4 rings (SSSR count). The number of ether oxygens (including phenoxy) is 1. The molecule has 0 bridgehead atoms. The van der Waals surface area contributed by atoms with Crippen LogP contribution in [0, 0.1) is 0 Å². The molecule has 1 aliphatic rings. The van der Waals surface area contributed by atoms with Crippen LogP contribution in [0.4, 0.5) is 13.2 Å². The van der Waals surface area contributed by atoms with E-state index in [1.807, 2.05) is 18.3 Å². The Morgan fingerprint density at radius 3 is 2.36 bits per heavy atom. The molecule has 3 aromatic rings. The SMILES string of the molecule is C[Si](C)(C)Cn1cc(C(NC(=O)Cc2ccc(C3CC3)cc2)c2ccc(OCC(F)(F)F)cc2)nn1. The number of hydrogen-bond acceptors (Lipinski definition) is 4. The maximum absolute atomic E-state index is 13.0. The number of aromatic nitrogens is 3. The van der Waals surface area contributed by atoms with Crippen molar-refractivity contribution in [3.63, 3.8) is 0 Å². The molecule has 10 heteroatoms. The summed E-state index contributed by atoms with van der Waals surface area (Å²) in [4.78, 5) is 13.0. The summed E-state index contributed by atoms with van der Waals surface area (Å²) in [6, 6.07) is 13.7. The van der Waals surface area contributed by atoms with Gasteiger partial charge >= 0.3 is 6.18 Å². The highest BCUT2D eigenvalue weighted by Crippen LogP contribution is 2.39. The number of hydrogen-bond donors (Lipinski definition) is 1. The molecular weight excluding hydrogens is 485 g/mol. The van der Waals surface area contributed by atoms with Crippen molar-refractivity contribution in [1.29, 1.82) is 0 Å². The van der Waals surface area contributed by atoms with Gasteiger partial charge in [0.2, 0.25) is 5.91 Å². The number of rotatable bonds is 10. The summed E-state index contributed by atoms with van der Waals surface area (Å²) in [6.07, 6.45) is 0.831. The van der Waals surface area contributed by atoms with Crippen LogP contribution in [0.5, 0.6) is 5.75 Å². The van der Waals surface area contributed by atoms with E-state index in [1.165, 1.54) is 30.5 Å². The fourth-order valence-corrected chi connectivity index (χ4v) is 5.11. The van der Waals surface area contributed by atoms with Crippen molar-refractivity contribution in [3.8, 4) is 5.75 Å². The Morgan fingerprint density at radius 1 is 1.11 bits per heavy atom. The molecule has 1 fully saturated rings. The molecule has 2 aromatic carbocycles. The summed E-state index contributed by atoms with van der Waals surface area (Å²) in [5.41, 5.74) is 3.46. The molecule has 0 radical (unpaired) electrons. The van der Waals surface area contributed by atoms with Gasteiger partial charge in [0.15, 0.2) is 6.61 Å². The number of benzene rings is 2. The summed E-state index contributed by atoms with van der Waals surface area (Å²) >= 11 is 0. The van der Waals surface area contributed by atoms with Crippen LogP contribution in [0.3, 0.4) is 0 Å². The van der Waals surface area contributed by atoms with E-state index in [0.29, 0.717) is 17.2 Å². The number of amides is 1. The van der Waals surface area contributed by atoms with Crippen molar-refractivity contribution in [1.82, 2.24) is 20.3 Å². The van der Waals surface area contributed by atoms with Gasteiger partial charge in [-0.05, 0) is 47.6 Å². The monoisotopic (exact) mass is 516 g/mol. The van der Waals surface area contributed by atoms with Gasteiger partial charge in [-0.25, -0.2) is 0 Å². The summed E-state index contributed by atoms with van der Waals surface area (Å²) in [5, 5.41) is 11.6. The fourth-order valence-electron chi connectivity index (χ4n) is 3.98. The quantitative estimate of drug-likeness (QED) is 0.365. The van der Waals surface area contributed by atoms with E-state index >= 15 is 0 Å². The molecule has 1 aromatic heterocycles. The van der Waals surface area contributed by atoms with Crippen LogP contribution in [-0.4, -0.2) is 41.8 Å². The largest absolute Gasteiger partial charge is 0.484 e. The van der Waals surface area contributed by atoms with Crippen LogP contribution < -0.4 is 10.1 Å². The minimum absolute atomic E-state index is 0.0966. The molecule has 6 nitrogen and oxygen atoms in total. The molecular formula is C26H31F3N4O2Si. The molecule has 0 aliphatic heterocycles. The Hall–Kier alpha value is -3.14. The van der Waals surface area contributed by atoms with Crippen molar-refractivity contribution in [2.24, 2.45) is 0 Å². The summed E-state index contributed by atoms with van der Waals surface area (Å²) in [5.74, 6) is 0.565. The minimum Gasteiger partial charge on any atom is -0.484 e. The zero-order valence-electron chi connectivity index (χ0n) is 20.7. The predicted molar refractivity (Wildman–Crippen MR) is 133 cm³/mol. The highest BCUT2D eigenvalue weighted by Gasteiger charge is 2.29. The van der Waals surface area contributed by atoms with E-state index in [1.54, 1.807) is 16.8 Å². The second kappa shape index (κ2) is 10.5. The third-order valence-electron chi connectivity index (χ3n) is 5.80. The summed E-state index contributed by atoms with van der Waals surface area (Å²) < 4.78 is 44.1. The average molecular weight is 517 g/mol. The summed E-state index contributed by atoms with van der Waals surface area (Å²) in [6.45, 7) is 5.31. The molecule has 1 amide bonds. The molecule has 1 heterocycles. The first-order chi connectivity index (χ1) is 16.9. The average Bonchev–Trinajstić information content (AvgIpc) is 3.55. The Bertz CT molecular complexity index is 1170. The van der Waals surface area contributed by atoms with Gasteiger partial charge in [-0.15, -0.1) is 5.10 Å². The fraction of sp³-hybridized carbons (Fsp3) is 0.423. The van der Waals surface area contributed by atoms with Gasteiger partial charge in [0, 0.05) is 6.17 Å². The van der Waals surface area contributed by atoms with E-state index in [2.05, 4.69) is 47.4 Å². The van der Waals surface area contributed by atoms with E-state index in [4.69, 9.17) is 4.74 Å². The number of halogens is 3. The first-order valence-corrected chi connectivity index (χ1v) is 15.7. The minimum atomic E-state index is -4.42. The molecule has 0 spiro atoms. The molecule has 1 saturated carbocycles. The molecule has 1 N–H and O–H groups in total. The van der Waals surface area contributed by atoms with Crippen LogP contribution in [-0.2, 0) is 17.4 Å². The number of nitrogens with zero attached hydrogens (tertiary/aromatic N) is 3. The van der Waals surface area contributed by atoms with Crippen LogP contribution in [0.1, 0.15) is 47.2 Å². The molecule has 1 unspecified atom stereocenters. The number of carbonyl (C=O) groups excluding carboxylic acids is 1. The van der Waals surface area contributed by atoms with Gasteiger partial charge < -0.3 is 10.1 Å². The van der Waals surface area contributed by atoms with E-state index in [-0.39, 0.29) is 18.1 Å². The molecule has 36 heavy (non-hydrogen) atoms. The van der Waals surface area contributed by atoms with E-state index < -0.39 is 26.9 Å². The number of nitrogens with one attached hydrogen (secondary N) is 1. The van der Waals surface area contributed by atoms with Gasteiger partial charge in [0.05, 0.1) is 26.7 Å². The zero-order valence-corrected chi connectivity index (χ0v) is 21.7. The van der Waals surface area contributed by atoms with Crippen LogP contribution in [0.25, 0.3) is 0 Å². The van der Waals surface area contributed by atoms with Crippen molar-refractivity contribution in [2.45, 2.75) is 63.2 Å². The molecule has 0 saturated heterocycles. The van der Waals surface area contributed by atoms with Crippen molar-refractivity contribution >= 4 is 14.0 Å². The van der Waals surface area contributed by atoms with Crippen molar-refractivity contribution in [2.75, 3.05) is 6.61 Å². The van der Waals surface area contributed by atoms with Crippen LogP contribution in [0.2, 0.25) is 19.6 Å². The normalized spacial score (nSPS) is 14.9. The van der Waals surface area contributed by atoms with E-state index in [0.717, 1.165) is 11.7 Å². The molecule has 192 valence electrons. The smallest absolute Gasteiger partial charge is 0.422 e. The lowest BCUT2D eigenvalue weighted by molar-refractivity contribution is -0.153. The standard InChI is InChI=1S/C26H31F3N4O2Si/c1-36(2,3)17-33-15-23(31-32-33)25(21-10-12-22(13-11-21)35-16-26(27,28)29)30-24(34)14-18-4-6-19(7-5-18)20-8-9-20/h4-7,10-13,15,20,25H,8-9,14,16-17H2,1-3H3,(H,30,34). The van der Waals surface area contributed by atoms with Gasteiger partial charge in [-0.1, -0.05) is 61.3 Å². The number of alkyl halides is 3. The first-order valence-electron chi connectivity index (χ1n) is 12.0. The maximum Gasteiger partial charge on any atom is 0.422 e. The van der Waals surface area contributed by atoms with Crippen LogP contribution in [0.15, 0.2) is 54.7 Å². The molecule has 1 aliphatic carbocycles. The Kier molecular flexibility index (Phi) is 7.53. The maximum atomic E-state index is 13.0. The topological polar surface area (TPSA) is 69.0 Å². The molecule has 1 atom stereocenters. The lowest BCUT2D eigenvalue weighted by Gasteiger charge is -2.18. The third-order valence-corrected chi connectivity index (χ3v) is 7.08. The van der Waals surface area contributed by atoms with Crippen molar-refractivity contribution in [3.05, 3.63) is 77.1 Å². The Morgan fingerprint density at radius 2 is 1.78 bits per heavy atom. The van der Waals surface area contributed by atoms with Crippen LogP contribution >= 0.6 is 0 Å². The van der Waals surface area contributed by atoms with Crippen molar-refractivity contribution < 1.29 is 22.7 Å². The zero-order chi connectivity index (χ0) is 25.9.